The van der Waals surface area contributed by atoms with Crippen LogP contribution in [0.5, 0.6) is 17.4 Å². The molecule has 2 atom stereocenters. The van der Waals surface area contributed by atoms with Crippen molar-refractivity contribution in [1.29, 1.82) is 0 Å². The summed E-state index contributed by atoms with van der Waals surface area (Å²) in [5, 5.41) is 12.6. The zero-order valence-electron chi connectivity index (χ0n) is 21.7. The van der Waals surface area contributed by atoms with Crippen molar-refractivity contribution in [2.45, 2.75) is 25.5 Å². The van der Waals surface area contributed by atoms with Crippen molar-refractivity contribution in [3.8, 4) is 17.4 Å². The maximum Gasteiger partial charge on any atom is 0.221 e. The van der Waals surface area contributed by atoms with Gasteiger partial charge >= 0.3 is 0 Å². The summed E-state index contributed by atoms with van der Waals surface area (Å²) in [6, 6.07) is 16.6. The predicted octanol–water partition coefficient (Wildman–Crippen LogP) is 7.94. The summed E-state index contributed by atoms with van der Waals surface area (Å²) in [7, 11) is 0. The number of aromatic hydroxyl groups is 1. The fourth-order valence-electron chi connectivity index (χ4n) is 5.93. The van der Waals surface area contributed by atoms with Crippen LogP contribution in [0.25, 0.3) is 32.8 Å². The van der Waals surface area contributed by atoms with Crippen molar-refractivity contribution in [1.82, 2.24) is 4.98 Å². The monoisotopic (exact) mass is 570 g/mol. The Kier molecular flexibility index (Phi) is 5.10. The Balaban J connectivity index is 1.27. The lowest BCUT2D eigenvalue weighted by Gasteiger charge is -2.12. The number of phenols is 1. The Bertz CT molecular complexity index is 2170. The molecule has 4 aromatic carbocycles. The largest absolute Gasteiger partial charge is 0.506 e. The van der Waals surface area contributed by atoms with Gasteiger partial charge in [-0.05, 0) is 48.9 Å². The lowest BCUT2D eigenvalue weighted by molar-refractivity contribution is 0.205. The summed E-state index contributed by atoms with van der Waals surface area (Å²) in [5.41, 5.74) is 2.01. The first-order valence-corrected chi connectivity index (χ1v) is 13.1. The van der Waals surface area contributed by atoms with Gasteiger partial charge in [0.2, 0.25) is 11.8 Å². The van der Waals surface area contributed by atoms with Gasteiger partial charge in [-0.25, -0.2) is 27.5 Å². The van der Waals surface area contributed by atoms with Gasteiger partial charge in [0.15, 0.2) is 23.3 Å². The third-order valence-corrected chi connectivity index (χ3v) is 7.77. The van der Waals surface area contributed by atoms with Crippen LogP contribution in [0, 0.1) is 30.2 Å². The zero-order valence-corrected chi connectivity index (χ0v) is 21.7. The average Bonchev–Trinajstić information content (AvgIpc) is 3.66. The molecular formula is C32H18F4N2O4. The molecule has 0 amide bonds. The molecule has 0 spiro atoms. The quantitative estimate of drug-likeness (QED) is 0.133. The van der Waals surface area contributed by atoms with E-state index in [1.807, 2.05) is 31.2 Å². The first-order chi connectivity index (χ1) is 20.3. The maximum atomic E-state index is 14.8. The van der Waals surface area contributed by atoms with Crippen LogP contribution in [-0.4, -0.2) is 22.1 Å². The topological polar surface area (TPSA) is 77.1 Å². The van der Waals surface area contributed by atoms with E-state index in [0.29, 0.717) is 33.4 Å². The maximum absolute atomic E-state index is 14.8. The molecule has 0 fully saturated rings. The van der Waals surface area contributed by atoms with E-state index < -0.39 is 35.4 Å². The van der Waals surface area contributed by atoms with Crippen molar-refractivity contribution >= 4 is 38.7 Å². The molecule has 0 unspecified atom stereocenters. The third kappa shape index (κ3) is 3.50. The highest BCUT2D eigenvalue weighted by molar-refractivity contribution is 6.14. The standard InChI is InChI=1S/C32H18F4N2O4/c1-13-8-14-6-7-23(37-29(14)20(39)9-13)40-15-10-17-16-4-2-3-5-21(16)41-31(17)19(11-15)32-38-30-22(42-32)12-18-24(30)26(34)28(36)27(35)25(18)33/h2-11,22,30,39H,12H2,1H3/t22-,30-/m1/s1. The normalized spacial score (nSPS) is 17.5. The minimum Gasteiger partial charge on any atom is -0.506 e. The van der Waals surface area contributed by atoms with Crippen LogP contribution in [0.4, 0.5) is 17.6 Å². The lowest BCUT2D eigenvalue weighted by atomic mass is 10.1. The van der Waals surface area contributed by atoms with Crippen molar-refractivity contribution in [3.63, 3.8) is 0 Å². The van der Waals surface area contributed by atoms with Gasteiger partial charge in [0.1, 0.15) is 40.3 Å². The molecule has 6 nitrogen and oxygen atoms in total. The van der Waals surface area contributed by atoms with E-state index in [1.54, 1.807) is 36.4 Å². The van der Waals surface area contributed by atoms with Crippen molar-refractivity contribution in [2.24, 2.45) is 4.99 Å². The molecule has 1 N–H and O–H groups in total. The van der Waals surface area contributed by atoms with Crippen LogP contribution in [0.15, 0.2) is 70.1 Å². The van der Waals surface area contributed by atoms with Gasteiger partial charge in [0.25, 0.3) is 0 Å². The molecule has 0 bridgehead atoms. The Morgan fingerprint density at radius 3 is 2.57 bits per heavy atom. The number of benzene rings is 4. The molecule has 0 saturated carbocycles. The molecule has 0 radical (unpaired) electrons. The average molecular weight is 570 g/mol. The molecule has 3 heterocycles. The number of ether oxygens (including phenoxy) is 2. The van der Waals surface area contributed by atoms with Gasteiger partial charge in [-0.15, -0.1) is 0 Å². The number of aryl methyl sites for hydroxylation is 1. The van der Waals surface area contributed by atoms with Crippen LogP contribution in [0.1, 0.15) is 28.3 Å². The highest BCUT2D eigenvalue weighted by Crippen LogP contribution is 2.46. The zero-order chi connectivity index (χ0) is 28.9. The summed E-state index contributed by atoms with van der Waals surface area (Å²) in [6.07, 6.45) is -1.05. The number of hydrogen-bond donors (Lipinski definition) is 1. The van der Waals surface area contributed by atoms with E-state index in [-0.39, 0.29) is 35.1 Å². The Labute approximate surface area is 234 Å². The number of pyridine rings is 1. The van der Waals surface area contributed by atoms with E-state index in [1.165, 1.54) is 0 Å². The number of aromatic nitrogens is 1. The molecule has 10 heteroatoms. The van der Waals surface area contributed by atoms with Gasteiger partial charge in [-0.2, -0.15) is 0 Å². The van der Waals surface area contributed by atoms with E-state index in [9.17, 15) is 22.7 Å². The first kappa shape index (κ1) is 24.7. The molecule has 6 aromatic rings. The van der Waals surface area contributed by atoms with Crippen LogP contribution in [-0.2, 0) is 11.2 Å². The second-order valence-electron chi connectivity index (χ2n) is 10.4. The smallest absolute Gasteiger partial charge is 0.221 e. The van der Waals surface area contributed by atoms with E-state index in [0.717, 1.165) is 16.3 Å². The summed E-state index contributed by atoms with van der Waals surface area (Å²) >= 11 is 0. The summed E-state index contributed by atoms with van der Waals surface area (Å²) < 4.78 is 75.6. The van der Waals surface area contributed by atoms with Gasteiger partial charge in [0, 0.05) is 39.8 Å². The number of para-hydroxylation sites is 1. The SMILES string of the molecule is Cc1cc(O)c2nc(Oc3cc(C4=N[C@H]5c6c(F)c(F)c(F)c(F)c6C[C@H]5O4)c4oc5ccccc5c4c3)ccc2c1. The van der Waals surface area contributed by atoms with E-state index in [4.69, 9.17) is 13.9 Å². The second-order valence-corrected chi connectivity index (χ2v) is 10.4. The minimum atomic E-state index is -1.88. The van der Waals surface area contributed by atoms with Crippen LogP contribution < -0.4 is 4.74 Å². The molecule has 208 valence electrons. The van der Waals surface area contributed by atoms with Crippen LogP contribution in [0.3, 0.4) is 0 Å². The second kappa shape index (κ2) is 8.69. The minimum absolute atomic E-state index is 0.0212. The fraction of sp³-hybridized carbons (Fsp3) is 0.125. The van der Waals surface area contributed by atoms with Gasteiger partial charge in [0.05, 0.1) is 5.56 Å². The number of halogens is 4. The molecule has 2 aliphatic rings. The molecular weight excluding hydrogens is 552 g/mol. The number of hydrogen-bond acceptors (Lipinski definition) is 6. The Morgan fingerprint density at radius 2 is 1.71 bits per heavy atom. The fourth-order valence-corrected chi connectivity index (χ4v) is 5.93. The Hall–Kier alpha value is -5.12. The van der Waals surface area contributed by atoms with Crippen LogP contribution >= 0.6 is 0 Å². The summed E-state index contributed by atoms with van der Waals surface area (Å²) in [6.45, 7) is 1.87. The first-order valence-electron chi connectivity index (χ1n) is 13.1. The molecule has 42 heavy (non-hydrogen) atoms. The highest BCUT2D eigenvalue weighted by Gasteiger charge is 2.46. The summed E-state index contributed by atoms with van der Waals surface area (Å²) in [5.74, 6) is -5.99. The molecule has 1 aliphatic heterocycles. The van der Waals surface area contributed by atoms with Crippen LogP contribution in [0.2, 0.25) is 0 Å². The number of nitrogens with zero attached hydrogens (tertiary/aromatic N) is 2. The number of phenolic OH excluding ortho intramolecular Hbond substituents is 1. The summed E-state index contributed by atoms with van der Waals surface area (Å²) in [4.78, 5) is 8.97. The molecule has 0 saturated heterocycles. The number of rotatable bonds is 3. The predicted molar refractivity (Wildman–Crippen MR) is 146 cm³/mol. The van der Waals surface area contributed by atoms with Crippen molar-refractivity contribution in [2.75, 3.05) is 0 Å². The van der Waals surface area contributed by atoms with Crippen molar-refractivity contribution < 1.29 is 36.6 Å². The number of fused-ring (bicyclic) bond motifs is 7. The lowest BCUT2D eigenvalue weighted by Crippen LogP contribution is -2.14. The molecule has 1 aliphatic carbocycles. The number of furan rings is 1. The van der Waals surface area contributed by atoms with Gasteiger partial charge in [-0.3, -0.25) is 0 Å². The Morgan fingerprint density at radius 1 is 0.905 bits per heavy atom. The van der Waals surface area contributed by atoms with E-state index >= 15 is 0 Å². The van der Waals surface area contributed by atoms with Gasteiger partial charge < -0.3 is 19.0 Å². The van der Waals surface area contributed by atoms with Gasteiger partial charge in [-0.1, -0.05) is 18.2 Å². The number of aliphatic imine (C=N–C) groups is 1. The molecule has 8 rings (SSSR count). The third-order valence-electron chi connectivity index (χ3n) is 7.77. The van der Waals surface area contributed by atoms with Crippen molar-refractivity contribution in [3.05, 3.63) is 106 Å². The highest BCUT2D eigenvalue weighted by atomic mass is 19.2. The van der Waals surface area contributed by atoms with E-state index in [2.05, 4.69) is 9.98 Å². The molecule has 2 aromatic heterocycles.